The maximum Gasteiger partial charge on any atom is 0.254 e. The van der Waals surface area contributed by atoms with E-state index in [9.17, 15) is 9.90 Å². The molecule has 0 bridgehead atoms. The first-order valence-corrected chi connectivity index (χ1v) is 6.60. The van der Waals surface area contributed by atoms with E-state index in [4.69, 9.17) is 11.6 Å². The van der Waals surface area contributed by atoms with E-state index in [1.165, 1.54) is 12.3 Å². The van der Waals surface area contributed by atoms with Crippen LogP contribution in [-0.2, 0) is 4.79 Å². The van der Waals surface area contributed by atoms with Crippen molar-refractivity contribution in [3.8, 4) is 0 Å². The molecule has 2 atom stereocenters. The van der Waals surface area contributed by atoms with Gasteiger partial charge in [-0.15, -0.1) is 0 Å². The Labute approximate surface area is 122 Å². The van der Waals surface area contributed by atoms with Gasteiger partial charge < -0.3 is 10.4 Å². The highest BCUT2D eigenvalue weighted by molar-refractivity contribution is 6.29. The van der Waals surface area contributed by atoms with Gasteiger partial charge in [0.1, 0.15) is 5.15 Å². The second-order valence-corrected chi connectivity index (χ2v) is 4.85. The lowest BCUT2D eigenvalue weighted by Gasteiger charge is -2.17. The minimum atomic E-state index is -1.26. The van der Waals surface area contributed by atoms with E-state index in [1.54, 1.807) is 6.07 Å². The first-order valence-electron chi connectivity index (χ1n) is 6.23. The molecule has 1 amide bonds. The lowest BCUT2D eigenvalue weighted by Crippen LogP contribution is -2.31. The lowest BCUT2D eigenvalue weighted by molar-refractivity contribution is -0.130. The summed E-state index contributed by atoms with van der Waals surface area (Å²) in [4.78, 5) is 15.8. The Bertz CT molecular complexity index is 572. The number of nitrogens with one attached hydrogen (secondary N) is 1. The molecule has 2 aromatic rings. The van der Waals surface area contributed by atoms with Crippen molar-refractivity contribution in [2.75, 3.05) is 0 Å². The van der Waals surface area contributed by atoms with Gasteiger partial charge in [0.15, 0.2) is 6.10 Å². The van der Waals surface area contributed by atoms with E-state index < -0.39 is 12.0 Å². The molecule has 1 aromatic heterocycles. The molecule has 104 valence electrons. The van der Waals surface area contributed by atoms with Crippen molar-refractivity contribution in [1.29, 1.82) is 0 Å². The van der Waals surface area contributed by atoms with Crippen LogP contribution in [0.15, 0.2) is 48.7 Å². The third kappa shape index (κ3) is 3.56. The number of aromatic nitrogens is 1. The molecule has 0 aliphatic rings. The highest BCUT2D eigenvalue weighted by Gasteiger charge is 2.19. The van der Waals surface area contributed by atoms with Crippen LogP contribution in [0.25, 0.3) is 0 Å². The number of hydrogen-bond donors (Lipinski definition) is 2. The van der Waals surface area contributed by atoms with Crippen molar-refractivity contribution in [3.63, 3.8) is 0 Å². The smallest absolute Gasteiger partial charge is 0.254 e. The molecule has 0 fully saturated rings. The Morgan fingerprint density at radius 3 is 2.50 bits per heavy atom. The Morgan fingerprint density at radius 2 is 1.90 bits per heavy atom. The highest BCUT2D eigenvalue weighted by Crippen LogP contribution is 2.17. The Kier molecular flexibility index (Phi) is 4.71. The van der Waals surface area contributed by atoms with E-state index in [1.807, 2.05) is 37.3 Å². The van der Waals surface area contributed by atoms with Gasteiger partial charge in [0.05, 0.1) is 6.04 Å². The summed E-state index contributed by atoms with van der Waals surface area (Å²) in [6, 6.07) is 12.5. The first-order chi connectivity index (χ1) is 9.58. The molecule has 1 aromatic carbocycles. The predicted octanol–water partition coefficient (Wildman–Crippen LogP) is 2.65. The molecular formula is C15H15ClN2O2. The molecule has 20 heavy (non-hydrogen) atoms. The molecule has 5 heteroatoms. The largest absolute Gasteiger partial charge is 0.378 e. The van der Waals surface area contributed by atoms with E-state index in [-0.39, 0.29) is 6.04 Å². The van der Waals surface area contributed by atoms with Crippen LogP contribution in [-0.4, -0.2) is 16.0 Å². The predicted molar refractivity (Wildman–Crippen MR) is 77.2 cm³/mol. The van der Waals surface area contributed by atoms with Gasteiger partial charge >= 0.3 is 0 Å². The van der Waals surface area contributed by atoms with Crippen molar-refractivity contribution < 1.29 is 9.90 Å². The standard InChI is InChI=1S/C15H15ClN2O2/c1-10(11-5-3-2-4-6-11)18-15(20)14(19)12-7-8-13(16)17-9-12/h2-10,14,19H,1H3,(H,18,20)/t10-,14-/m0/s1. The minimum absolute atomic E-state index is 0.182. The van der Waals surface area contributed by atoms with Crippen LogP contribution in [0, 0.1) is 0 Å². The van der Waals surface area contributed by atoms with Gasteiger partial charge in [-0.3, -0.25) is 4.79 Å². The molecule has 0 saturated heterocycles. The number of benzene rings is 1. The summed E-state index contributed by atoms with van der Waals surface area (Å²) < 4.78 is 0. The third-order valence-electron chi connectivity index (χ3n) is 2.97. The highest BCUT2D eigenvalue weighted by atomic mass is 35.5. The number of pyridine rings is 1. The monoisotopic (exact) mass is 290 g/mol. The number of carbonyl (C=O) groups is 1. The Morgan fingerprint density at radius 1 is 1.20 bits per heavy atom. The van der Waals surface area contributed by atoms with E-state index in [2.05, 4.69) is 10.3 Å². The van der Waals surface area contributed by atoms with Crippen LogP contribution >= 0.6 is 11.6 Å². The zero-order valence-electron chi connectivity index (χ0n) is 11.0. The van der Waals surface area contributed by atoms with Crippen LogP contribution < -0.4 is 5.32 Å². The average molecular weight is 291 g/mol. The van der Waals surface area contributed by atoms with Gasteiger partial charge in [0, 0.05) is 11.8 Å². The minimum Gasteiger partial charge on any atom is -0.378 e. The number of aliphatic hydroxyl groups is 1. The van der Waals surface area contributed by atoms with Gasteiger partial charge in [-0.1, -0.05) is 48.0 Å². The summed E-state index contributed by atoms with van der Waals surface area (Å²) in [5.74, 6) is -0.467. The quantitative estimate of drug-likeness (QED) is 0.851. The summed E-state index contributed by atoms with van der Waals surface area (Å²) in [6.07, 6.45) is 0.130. The summed E-state index contributed by atoms with van der Waals surface area (Å²) in [6.45, 7) is 1.86. The second kappa shape index (κ2) is 6.50. The summed E-state index contributed by atoms with van der Waals surface area (Å²) in [7, 11) is 0. The molecule has 0 radical (unpaired) electrons. The first kappa shape index (κ1) is 14.5. The van der Waals surface area contributed by atoms with E-state index in [0.29, 0.717) is 10.7 Å². The van der Waals surface area contributed by atoms with Crippen molar-refractivity contribution in [3.05, 3.63) is 64.9 Å². The van der Waals surface area contributed by atoms with Gasteiger partial charge in [0.2, 0.25) is 0 Å². The Balaban J connectivity index is 2.02. The number of halogens is 1. The second-order valence-electron chi connectivity index (χ2n) is 4.46. The number of rotatable bonds is 4. The number of carbonyl (C=O) groups excluding carboxylic acids is 1. The average Bonchev–Trinajstić information content (AvgIpc) is 2.48. The van der Waals surface area contributed by atoms with Crippen LogP contribution in [0.4, 0.5) is 0 Å². The van der Waals surface area contributed by atoms with Gasteiger partial charge in [-0.05, 0) is 18.6 Å². The SMILES string of the molecule is C[C@H](NC(=O)[C@@H](O)c1ccc(Cl)nc1)c1ccccc1. The molecule has 2 N–H and O–H groups in total. The fraction of sp³-hybridized carbons (Fsp3) is 0.200. The molecule has 0 unspecified atom stereocenters. The van der Waals surface area contributed by atoms with Crippen molar-refractivity contribution >= 4 is 17.5 Å². The van der Waals surface area contributed by atoms with Crippen molar-refractivity contribution in [2.24, 2.45) is 0 Å². The number of hydrogen-bond acceptors (Lipinski definition) is 3. The van der Waals surface area contributed by atoms with Crippen molar-refractivity contribution in [2.45, 2.75) is 19.1 Å². The molecule has 2 rings (SSSR count). The van der Waals surface area contributed by atoms with E-state index >= 15 is 0 Å². The molecule has 0 aliphatic carbocycles. The molecule has 0 spiro atoms. The third-order valence-corrected chi connectivity index (χ3v) is 3.20. The summed E-state index contributed by atoms with van der Waals surface area (Å²) in [5.41, 5.74) is 1.38. The van der Waals surface area contributed by atoms with E-state index in [0.717, 1.165) is 5.56 Å². The molecule has 1 heterocycles. The summed E-state index contributed by atoms with van der Waals surface area (Å²) in [5, 5.41) is 13.1. The number of amides is 1. The zero-order chi connectivity index (χ0) is 14.5. The lowest BCUT2D eigenvalue weighted by atomic mass is 10.1. The van der Waals surface area contributed by atoms with Crippen LogP contribution in [0.2, 0.25) is 5.15 Å². The molecule has 0 aliphatic heterocycles. The summed E-state index contributed by atoms with van der Waals surface area (Å²) >= 11 is 5.67. The van der Waals surface area contributed by atoms with Crippen LogP contribution in [0.5, 0.6) is 0 Å². The number of aliphatic hydroxyl groups excluding tert-OH is 1. The fourth-order valence-electron chi connectivity index (χ4n) is 1.82. The van der Waals surface area contributed by atoms with Gasteiger partial charge in [-0.25, -0.2) is 4.98 Å². The maximum atomic E-state index is 12.0. The molecule has 0 saturated carbocycles. The Hall–Kier alpha value is -1.91. The normalized spacial score (nSPS) is 13.6. The fourth-order valence-corrected chi connectivity index (χ4v) is 1.93. The number of nitrogens with zero attached hydrogens (tertiary/aromatic N) is 1. The molecule has 4 nitrogen and oxygen atoms in total. The molecular weight excluding hydrogens is 276 g/mol. The van der Waals surface area contributed by atoms with Gasteiger partial charge in [-0.2, -0.15) is 0 Å². The van der Waals surface area contributed by atoms with Crippen LogP contribution in [0.3, 0.4) is 0 Å². The zero-order valence-corrected chi connectivity index (χ0v) is 11.7. The van der Waals surface area contributed by atoms with Gasteiger partial charge in [0.25, 0.3) is 5.91 Å². The maximum absolute atomic E-state index is 12.0. The topological polar surface area (TPSA) is 62.2 Å². The van der Waals surface area contributed by atoms with Crippen molar-refractivity contribution in [1.82, 2.24) is 10.3 Å². The van der Waals surface area contributed by atoms with Crippen LogP contribution in [0.1, 0.15) is 30.2 Å².